The topological polar surface area (TPSA) is 57.6 Å². The van der Waals surface area contributed by atoms with Crippen molar-refractivity contribution in [3.05, 3.63) is 28.8 Å². The van der Waals surface area contributed by atoms with Gasteiger partial charge in [0.1, 0.15) is 0 Å². The van der Waals surface area contributed by atoms with Crippen LogP contribution < -0.4 is 0 Å². The molecule has 0 amide bonds. The summed E-state index contributed by atoms with van der Waals surface area (Å²) in [5.74, 6) is 0. The van der Waals surface area contributed by atoms with Crippen molar-refractivity contribution in [1.82, 2.24) is 4.31 Å². The van der Waals surface area contributed by atoms with Gasteiger partial charge in [-0.3, -0.25) is 0 Å². The second-order valence-electron chi connectivity index (χ2n) is 4.70. The Morgan fingerprint density at radius 2 is 1.79 bits per heavy atom. The van der Waals surface area contributed by atoms with Crippen molar-refractivity contribution in [2.45, 2.75) is 45.6 Å². The van der Waals surface area contributed by atoms with Gasteiger partial charge in [-0.2, -0.15) is 4.31 Å². The van der Waals surface area contributed by atoms with Crippen molar-refractivity contribution in [3.8, 4) is 0 Å². The molecule has 0 saturated heterocycles. The Balaban J connectivity index is 3.35. The minimum atomic E-state index is -3.47. The lowest BCUT2D eigenvalue weighted by Crippen LogP contribution is -2.32. The number of sulfonamides is 1. The maximum Gasteiger partial charge on any atom is 0.243 e. The van der Waals surface area contributed by atoms with E-state index in [4.69, 9.17) is 0 Å². The molecule has 1 aromatic rings. The quantitative estimate of drug-likeness (QED) is 0.872. The van der Waals surface area contributed by atoms with Gasteiger partial charge in [-0.05, 0) is 43.0 Å². The Morgan fingerprint density at radius 1 is 1.16 bits per heavy atom. The lowest BCUT2D eigenvalue weighted by molar-refractivity contribution is 0.280. The van der Waals surface area contributed by atoms with Gasteiger partial charge < -0.3 is 5.11 Å². The smallest absolute Gasteiger partial charge is 0.243 e. The molecule has 0 atom stereocenters. The summed E-state index contributed by atoms with van der Waals surface area (Å²) < 4.78 is 26.7. The maximum atomic E-state index is 12.6. The fraction of sp³-hybridized carbons (Fsp3) is 0.571. The predicted molar refractivity (Wildman–Crippen MR) is 76.6 cm³/mol. The summed E-state index contributed by atoms with van der Waals surface area (Å²) in [6, 6.07) is 3.41. The molecule has 5 heteroatoms. The maximum absolute atomic E-state index is 12.6. The van der Waals surface area contributed by atoms with E-state index in [1.54, 1.807) is 13.0 Å². The van der Waals surface area contributed by atoms with E-state index in [0.717, 1.165) is 17.5 Å². The van der Waals surface area contributed by atoms with Gasteiger partial charge in [0.05, 0.1) is 11.5 Å². The molecule has 1 rings (SSSR count). The number of hydrogen-bond acceptors (Lipinski definition) is 3. The summed E-state index contributed by atoms with van der Waals surface area (Å²) in [6.07, 6.45) is 0.783. The van der Waals surface area contributed by atoms with Crippen LogP contribution in [0.5, 0.6) is 0 Å². The van der Waals surface area contributed by atoms with Gasteiger partial charge in [0.15, 0.2) is 0 Å². The average molecular weight is 285 g/mol. The molecule has 1 N–H and O–H groups in total. The molecule has 0 unspecified atom stereocenters. The van der Waals surface area contributed by atoms with Gasteiger partial charge in [-0.25, -0.2) is 8.42 Å². The van der Waals surface area contributed by atoms with Crippen molar-refractivity contribution < 1.29 is 13.5 Å². The van der Waals surface area contributed by atoms with Crippen molar-refractivity contribution >= 4 is 10.0 Å². The minimum absolute atomic E-state index is 0.144. The van der Waals surface area contributed by atoms with Gasteiger partial charge >= 0.3 is 0 Å². The number of hydrogen-bond donors (Lipinski definition) is 1. The first-order valence-corrected chi connectivity index (χ1v) is 8.03. The SMILES string of the molecule is CCCN(CC)S(=O)(=O)c1cc(CO)c(C)cc1C. The highest BCUT2D eigenvalue weighted by Gasteiger charge is 2.24. The first-order valence-electron chi connectivity index (χ1n) is 6.59. The van der Waals surface area contributed by atoms with E-state index < -0.39 is 10.0 Å². The van der Waals surface area contributed by atoms with E-state index in [2.05, 4.69) is 0 Å². The molecule has 0 radical (unpaired) electrons. The molecule has 0 saturated carbocycles. The fourth-order valence-electron chi connectivity index (χ4n) is 2.16. The third-order valence-electron chi connectivity index (χ3n) is 3.25. The molecule has 4 nitrogen and oxygen atoms in total. The third kappa shape index (κ3) is 3.35. The van der Waals surface area contributed by atoms with Gasteiger partial charge in [0.2, 0.25) is 10.0 Å². The predicted octanol–water partition coefficient (Wildman–Crippen LogP) is 2.22. The Bertz CT molecular complexity index is 538. The molecule has 0 spiro atoms. The first kappa shape index (κ1) is 16.1. The number of benzene rings is 1. The molecular weight excluding hydrogens is 262 g/mol. The zero-order valence-corrected chi connectivity index (χ0v) is 12.9. The number of aliphatic hydroxyl groups excluding tert-OH is 1. The molecule has 0 bridgehead atoms. The fourth-order valence-corrected chi connectivity index (χ4v) is 3.96. The number of nitrogens with zero attached hydrogens (tertiary/aromatic N) is 1. The van der Waals surface area contributed by atoms with Gasteiger partial charge in [-0.15, -0.1) is 0 Å². The second kappa shape index (κ2) is 6.50. The van der Waals surface area contributed by atoms with E-state index in [-0.39, 0.29) is 6.61 Å². The minimum Gasteiger partial charge on any atom is -0.392 e. The molecule has 0 aromatic heterocycles. The third-order valence-corrected chi connectivity index (χ3v) is 5.36. The molecule has 0 aliphatic carbocycles. The second-order valence-corrected chi connectivity index (χ2v) is 6.61. The van der Waals surface area contributed by atoms with Crippen LogP contribution in [0, 0.1) is 13.8 Å². The molecule has 0 aliphatic heterocycles. The molecular formula is C14H23NO3S. The molecule has 108 valence electrons. The Labute approximate surface area is 116 Å². The van der Waals surface area contributed by atoms with Crippen molar-refractivity contribution in [2.24, 2.45) is 0 Å². The van der Waals surface area contributed by atoms with Crippen LogP contribution in [0.2, 0.25) is 0 Å². The van der Waals surface area contributed by atoms with Crippen LogP contribution in [0.25, 0.3) is 0 Å². The molecule has 19 heavy (non-hydrogen) atoms. The average Bonchev–Trinajstić information content (AvgIpc) is 2.35. The van der Waals surface area contributed by atoms with Crippen LogP contribution >= 0.6 is 0 Å². The number of rotatable bonds is 6. The molecule has 0 heterocycles. The molecule has 0 fully saturated rings. The highest BCUT2D eigenvalue weighted by molar-refractivity contribution is 7.89. The van der Waals surface area contributed by atoms with Crippen LogP contribution in [0.4, 0.5) is 0 Å². The summed E-state index contributed by atoms with van der Waals surface area (Å²) >= 11 is 0. The van der Waals surface area contributed by atoms with Crippen LogP contribution in [0.15, 0.2) is 17.0 Å². The standard InChI is InChI=1S/C14H23NO3S/c1-5-7-15(6-2)19(17,18)14-9-13(10-16)11(3)8-12(14)4/h8-9,16H,5-7,10H2,1-4H3. The summed E-state index contributed by atoms with van der Waals surface area (Å²) in [6.45, 7) is 8.29. The summed E-state index contributed by atoms with van der Waals surface area (Å²) in [4.78, 5) is 0.303. The van der Waals surface area contributed by atoms with E-state index >= 15 is 0 Å². The van der Waals surface area contributed by atoms with E-state index in [1.807, 2.05) is 26.8 Å². The summed E-state index contributed by atoms with van der Waals surface area (Å²) in [7, 11) is -3.47. The zero-order chi connectivity index (χ0) is 14.6. The monoisotopic (exact) mass is 285 g/mol. The molecule has 0 aliphatic rings. The first-order chi connectivity index (χ1) is 8.88. The van der Waals surface area contributed by atoms with Crippen LogP contribution in [0.3, 0.4) is 0 Å². The van der Waals surface area contributed by atoms with Crippen molar-refractivity contribution in [1.29, 1.82) is 0 Å². The van der Waals surface area contributed by atoms with Gasteiger partial charge in [0, 0.05) is 13.1 Å². The lowest BCUT2D eigenvalue weighted by Gasteiger charge is -2.21. The summed E-state index contributed by atoms with van der Waals surface area (Å²) in [5.41, 5.74) is 2.30. The Morgan fingerprint density at radius 3 is 2.26 bits per heavy atom. The number of aryl methyl sites for hydroxylation is 2. The van der Waals surface area contributed by atoms with Crippen LogP contribution in [0.1, 0.15) is 37.0 Å². The molecule has 1 aromatic carbocycles. The summed E-state index contributed by atoms with van der Waals surface area (Å²) in [5, 5.41) is 9.29. The van der Waals surface area contributed by atoms with E-state index in [9.17, 15) is 13.5 Å². The van der Waals surface area contributed by atoms with Gasteiger partial charge in [0.25, 0.3) is 0 Å². The van der Waals surface area contributed by atoms with Gasteiger partial charge in [-0.1, -0.05) is 19.9 Å². The van der Waals surface area contributed by atoms with Crippen molar-refractivity contribution in [3.63, 3.8) is 0 Å². The van der Waals surface area contributed by atoms with E-state index in [0.29, 0.717) is 23.5 Å². The highest BCUT2D eigenvalue weighted by Crippen LogP contribution is 2.24. The Kier molecular flexibility index (Phi) is 5.52. The normalized spacial score (nSPS) is 12.1. The Hall–Kier alpha value is -0.910. The van der Waals surface area contributed by atoms with Crippen LogP contribution in [-0.2, 0) is 16.6 Å². The van der Waals surface area contributed by atoms with Crippen molar-refractivity contribution in [2.75, 3.05) is 13.1 Å². The van der Waals surface area contributed by atoms with Crippen LogP contribution in [-0.4, -0.2) is 30.9 Å². The zero-order valence-electron chi connectivity index (χ0n) is 12.1. The lowest BCUT2D eigenvalue weighted by atomic mass is 10.1. The van der Waals surface area contributed by atoms with E-state index in [1.165, 1.54) is 4.31 Å². The number of aliphatic hydroxyl groups is 1. The highest BCUT2D eigenvalue weighted by atomic mass is 32.2. The largest absolute Gasteiger partial charge is 0.392 e.